The Hall–Kier alpha value is 0.0900. The first-order valence-electron chi connectivity index (χ1n) is 7.38. The molecule has 21 heavy (non-hydrogen) atoms. The van der Waals surface area contributed by atoms with Crippen molar-refractivity contribution < 1.29 is 53.1 Å². The van der Waals surface area contributed by atoms with Crippen LogP contribution < -0.4 is 29.6 Å². The van der Waals surface area contributed by atoms with E-state index in [1.54, 1.807) is 0 Å². The third-order valence-corrected chi connectivity index (χ3v) is 3.52. The van der Waals surface area contributed by atoms with E-state index >= 15 is 0 Å². The Kier molecular flexibility index (Phi) is 18.3. The Morgan fingerprint density at radius 3 is 1.86 bits per heavy atom. The smallest absolute Gasteiger partial charge is 1.00 e. The van der Waals surface area contributed by atoms with Crippen LogP contribution >= 0.6 is 0 Å². The molecule has 0 aliphatic heterocycles. The summed E-state index contributed by atoms with van der Waals surface area (Å²) in [7, 11) is 0. The van der Waals surface area contributed by atoms with Crippen molar-refractivity contribution >= 4 is 23.3 Å². The van der Waals surface area contributed by atoms with E-state index in [-0.39, 0.29) is 37.4 Å². The van der Waals surface area contributed by atoms with Crippen molar-refractivity contribution in [3.05, 3.63) is 0 Å². The third-order valence-electron chi connectivity index (χ3n) is 2.83. The van der Waals surface area contributed by atoms with Crippen molar-refractivity contribution in [1.82, 2.24) is 0 Å². The summed E-state index contributed by atoms with van der Waals surface area (Å²) in [4.78, 5) is 21.7. The second kappa shape index (κ2) is 16.5. The second-order valence-electron chi connectivity index (χ2n) is 4.81. The molecule has 0 N–H and O–H groups in total. The zero-order chi connectivity index (χ0) is 15.2. The second-order valence-corrected chi connectivity index (χ2v) is 5.55. The molecule has 0 fully saturated rings. The van der Waals surface area contributed by atoms with E-state index in [1.165, 1.54) is 38.5 Å². The molecule has 0 rings (SSSR count). The van der Waals surface area contributed by atoms with E-state index in [9.17, 15) is 13.8 Å². The normalized spacial score (nSPS) is 11.3. The van der Waals surface area contributed by atoms with Crippen molar-refractivity contribution in [3.63, 3.8) is 0 Å². The van der Waals surface area contributed by atoms with Crippen LogP contribution in [-0.4, -0.2) is 16.1 Å². The summed E-state index contributed by atoms with van der Waals surface area (Å²) >= 11 is -2.29. The quantitative estimate of drug-likeness (QED) is 0.389. The number of hydrogen-bond donors (Lipinski definition) is 0. The van der Waals surface area contributed by atoms with Crippen LogP contribution in [0.15, 0.2) is 0 Å². The minimum absolute atomic E-state index is 0. The van der Waals surface area contributed by atoms with Crippen LogP contribution in [0.2, 0.25) is 0 Å². The van der Waals surface area contributed by atoms with Crippen molar-refractivity contribution in [1.29, 1.82) is 0 Å². The first kappa shape index (κ1) is 23.4. The zero-order valence-corrected chi connectivity index (χ0v) is 16.3. The van der Waals surface area contributed by atoms with Gasteiger partial charge in [-0.25, -0.2) is 0 Å². The Bertz CT molecular complexity index is 316. The van der Waals surface area contributed by atoms with Crippen molar-refractivity contribution in [2.24, 2.45) is 0 Å². The molecule has 0 bridgehead atoms. The largest absolute Gasteiger partial charge is 1.00 e. The number of hydrogen-bond acceptors (Lipinski definition) is 5. The predicted molar refractivity (Wildman–Crippen MR) is 79.0 cm³/mol. The fraction of sp³-hybridized carbons (Fsp3) is 0.857. The van der Waals surface area contributed by atoms with Gasteiger partial charge < -0.3 is 9.79 Å². The molecule has 1 atom stereocenters. The molecule has 7 heteroatoms. The average Bonchev–Trinajstić information content (AvgIpc) is 2.35. The molecule has 1 unspecified atom stereocenters. The van der Waals surface area contributed by atoms with E-state index in [0.29, 0.717) is 6.42 Å². The van der Waals surface area contributed by atoms with Gasteiger partial charge in [-0.1, -0.05) is 58.3 Å². The molecule has 0 saturated heterocycles. The van der Waals surface area contributed by atoms with Crippen LogP contribution in [0.1, 0.15) is 79.5 Å². The molecule has 0 spiro atoms. The minimum Gasteiger partial charge on any atom is -1.00 e. The zero-order valence-electron chi connectivity index (χ0n) is 14.5. The fourth-order valence-electron chi connectivity index (χ4n) is 1.81. The molecule has 0 aliphatic rings. The van der Waals surface area contributed by atoms with E-state index in [0.717, 1.165) is 19.8 Å². The molecule has 0 aromatic rings. The third kappa shape index (κ3) is 18.0. The van der Waals surface area contributed by atoms with Crippen molar-refractivity contribution in [2.45, 2.75) is 78.1 Å². The van der Waals surface area contributed by atoms with Crippen LogP contribution in [-0.2, 0) is 29.3 Å². The van der Waals surface area contributed by atoms with Gasteiger partial charge in [-0.2, -0.15) is 4.21 Å². The minimum atomic E-state index is -2.29. The van der Waals surface area contributed by atoms with Gasteiger partial charge in [0.15, 0.2) is 0 Å². The molecular formula is C14H27NaO5S. The molecule has 5 nitrogen and oxygen atoms in total. The number of carbonyl (C=O) groups is 2. The molecule has 0 aromatic carbocycles. The SMILES string of the molecule is CCCCCCCCCCCC(=O)OS(=O)OC(C)=O.[H-].[Na+]. The van der Waals surface area contributed by atoms with E-state index in [2.05, 4.69) is 15.3 Å². The summed E-state index contributed by atoms with van der Waals surface area (Å²) in [6, 6.07) is 0. The predicted octanol–water partition coefficient (Wildman–Crippen LogP) is 0.709. The fourth-order valence-corrected chi connectivity index (χ4v) is 2.27. The van der Waals surface area contributed by atoms with Crippen LogP contribution in [0.5, 0.6) is 0 Å². The first-order valence-corrected chi connectivity index (χ1v) is 8.38. The van der Waals surface area contributed by atoms with Crippen molar-refractivity contribution in [3.8, 4) is 0 Å². The Morgan fingerprint density at radius 2 is 1.38 bits per heavy atom. The molecule has 0 aliphatic carbocycles. The van der Waals surface area contributed by atoms with E-state index in [4.69, 9.17) is 0 Å². The number of unbranched alkanes of at least 4 members (excludes halogenated alkanes) is 8. The van der Waals surface area contributed by atoms with Gasteiger partial charge in [0.25, 0.3) is 0 Å². The van der Waals surface area contributed by atoms with E-state index in [1.807, 2.05) is 0 Å². The molecule has 0 heterocycles. The standard InChI is InChI=1S/C14H26O5S.Na.H/c1-3-4-5-6-7-8-9-10-11-12-14(16)19-20(17)18-13(2)15;;/h3-12H2,1-2H3;;/q;+1;-1. The summed E-state index contributed by atoms with van der Waals surface area (Å²) in [6.45, 7) is 3.31. The van der Waals surface area contributed by atoms with Crippen molar-refractivity contribution in [2.75, 3.05) is 0 Å². The van der Waals surface area contributed by atoms with Gasteiger partial charge in [0.1, 0.15) is 0 Å². The summed E-state index contributed by atoms with van der Waals surface area (Å²) in [5.74, 6) is -1.33. The Morgan fingerprint density at radius 1 is 0.905 bits per heavy atom. The van der Waals surface area contributed by atoms with Gasteiger partial charge >= 0.3 is 52.9 Å². The van der Waals surface area contributed by atoms with Gasteiger partial charge in [-0.15, -0.1) is 0 Å². The number of rotatable bonds is 12. The molecular weight excluding hydrogens is 303 g/mol. The topological polar surface area (TPSA) is 69.7 Å². The molecule has 0 aromatic heterocycles. The maximum absolute atomic E-state index is 11.2. The van der Waals surface area contributed by atoms with Gasteiger partial charge in [0.05, 0.1) is 0 Å². The summed E-state index contributed by atoms with van der Waals surface area (Å²) < 4.78 is 19.6. The average molecular weight is 330 g/mol. The summed E-state index contributed by atoms with van der Waals surface area (Å²) in [5.41, 5.74) is 0. The van der Waals surface area contributed by atoms with Gasteiger partial charge in [-0.3, -0.25) is 9.59 Å². The summed E-state index contributed by atoms with van der Waals surface area (Å²) in [5, 5.41) is 0. The maximum atomic E-state index is 11.2. The van der Waals surface area contributed by atoms with Gasteiger partial charge in [0.2, 0.25) is 0 Å². The maximum Gasteiger partial charge on any atom is 1.00 e. The van der Waals surface area contributed by atoms with Crippen LogP contribution in [0.25, 0.3) is 0 Å². The van der Waals surface area contributed by atoms with Crippen LogP contribution in [0.3, 0.4) is 0 Å². The molecule has 0 radical (unpaired) electrons. The van der Waals surface area contributed by atoms with E-state index < -0.39 is 23.3 Å². The van der Waals surface area contributed by atoms with Gasteiger partial charge in [-0.05, 0) is 6.42 Å². The van der Waals surface area contributed by atoms with Gasteiger partial charge in [0, 0.05) is 13.3 Å². The molecule has 0 saturated carbocycles. The molecule has 120 valence electrons. The molecule has 0 amide bonds. The summed E-state index contributed by atoms with van der Waals surface area (Å²) in [6.07, 6.45) is 10.6. The first-order chi connectivity index (χ1) is 9.56. The monoisotopic (exact) mass is 330 g/mol. The number of carbonyl (C=O) groups excluding carboxylic acids is 2. The van der Waals surface area contributed by atoms with Crippen LogP contribution in [0, 0.1) is 0 Å². The Balaban J connectivity index is -0.00000180. The Labute approximate surface area is 154 Å². The van der Waals surface area contributed by atoms with Crippen LogP contribution in [0.4, 0.5) is 0 Å².